The summed E-state index contributed by atoms with van der Waals surface area (Å²) < 4.78 is 0. The molecule has 0 spiro atoms. The van der Waals surface area contributed by atoms with Gasteiger partial charge in [0.2, 0.25) is 0 Å². The lowest BCUT2D eigenvalue weighted by molar-refractivity contribution is -0.136. The summed E-state index contributed by atoms with van der Waals surface area (Å²) in [5.41, 5.74) is 1.27. The van der Waals surface area contributed by atoms with Crippen LogP contribution in [0.4, 0.5) is 0 Å². The van der Waals surface area contributed by atoms with Crippen molar-refractivity contribution in [2.75, 3.05) is 0 Å². The van der Waals surface area contributed by atoms with Crippen LogP contribution in [-0.4, -0.2) is 22.2 Å². The average Bonchev–Trinajstić information content (AvgIpc) is 2.76. The van der Waals surface area contributed by atoms with Crippen molar-refractivity contribution < 1.29 is 19.8 Å². The third kappa shape index (κ3) is 3.66. The minimum absolute atomic E-state index is 0.0443. The lowest BCUT2D eigenvalue weighted by Crippen LogP contribution is -1.97. The number of hydrogen-bond acceptors (Lipinski definition) is 3. The van der Waals surface area contributed by atoms with E-state index in [2.05, 4.69) is 0 Å². The Balaban J connectivity index is 2.06. The van der Waals surface area contributed by atoms with Crippen molar-refractivity contribution in [1.82, 2.24) is 0 Å². The molecule has 0 bridgehead atoms. The number of carboxylic acids is 2. The summed E-state index contributed by atoms with van der Waals surface area (Å²) in [6, 6.07) is 10.4. The molecule has 0 aliphatic rings. The van der Waals surface area contributed by atoms with Crippen molar-refractivity contribution in [3.05, 3.63) is 57.3 Å². The number of carboxylic acid groups (broad SMARTS) is 2. The summed E-state index contributed by atoms with van der Waals surface area (Å²) in [7, 11) is 0. The highest BCUT2D eigenvalue weighted by molar-refractivity contribution is 7.12. The third-order valence-electron chi connectivity index (χ3n) is 2.62. The van der Waals surface area contributed by atoms with Gasteiger partial charge in [-0.05, 0) is 29.8 Å². The maximum Gasteiger partial charge on any atom is 0.335 e. The van der Waals surface area contributed by atoms with Gasteiger partial charge in [-0.15, -0.1) is 11.3 Å². The topological polar surface area (TPSA) is 74.6 Å². The molecule has 0 aliphatic heterocycles. The summed E-state index contributed by atoms with van der Waals surface area (Å²) in [5, 5.41) is 17.5. The summed E-state index contributed by atoms with van der Waals surface area (Å²) in [5.74, 6) is -1.77. The zero-order valence-electron chi connectivity index (χ0n) is 10.00. The molecule has 0 radical (unpaired) electrons. The Morgan fingerprint density at radius 3 is 2.16 bits per heavy atom. The molecule has 1 aromatic heterocycles. The van der Waals surface area contributed by atoms with Crippen molar-refractivity contribution in [1.29, 1.82) is 0 Å². The smallest absolute Gasteiger partial charge is 0.335 e. The quantitative estimate of drug-likeness (QED) is 0.880. The van der Waals surface area contributed by atoms with E-state index in [1.54, 1.807) is 24.3 Å². The second-order valence-corrected chi connectivity index (χ2v) is 5.37. The molecule has 98 valence electrons. The molecule has 0 aliphatic carbocycles. The van der Waals surface area contributed by atoms with E-state index >= 15 is 0 Å². The Morgan fingerprint density at radius 2 is 1.58 bits per heavy atom. The Labute approximate surface area is 114 Å². The van der Waals surface area contributed by atoms with Gasteiger partial charge in [0.25, 0.3) is 0 Å². The SMILES string of the molecule is O=C(O)Cc1ccc(Cc2ccc(C(=O)O)cc2)s1. The first-order chi connectivity index (χ1) is 9.04. The van der Waals surface area contributed by atoms with Gasteiger partial charge >= 0.3 is 11.9 Å². The van der Waals surface area contributed by atoms with Gasteiger partial charge in [0.05, 0.1) is 12.0 Å². The van der Waals surface area contributed by atoms with Gasteiger partial charge in [0.1, 0.15) is 0 Å². The standard InChI is InChI=1S/C14H12O4S/c15-13(16)8-12-6-5-11(19-12)7-9-1-3-10(4-2-9)14(17)18/h1-6H,7-8H2,(H,15,16)(H,17,18). The van der Waals surface area contributed by atoms with Gasteiger partial charge in [0, 0.05) is 16.2 Å². The Morgan fingerprint density at radius 1 is 0.947 bits per heavy atom. The molecule has 2 aromatic rings. The van der Waals surface area contributed by atoms with Crippen LogP contribution in [0, 0.1) is 0 Å². The maximum absolute atomic E-state index is 10.7. The second-order valence-electron chi connectivity index (χ2n) is 4.12. The van der Waals surface area contributed by atoms with Crippen LogP contribution in [-0.2, 0) is 17.6 Å². The van der Waals surface area contributed by atoms with E-state index in [0.29, 0.717) is 6.42 Å². The average molecular weight is 276 g/mol. The molecular weight excluding hydrogens is 264 g/mol. The number of carbonyl (C=O) groups is 2. The van der Waals surface area contributed by atoms with Crippen LogP contribution < -0.4 is 0 Å². The molecule has 0 saturated heterocycles. The fourth-order valence-electron chi connectivity index (χ4n) is 1.73. The normalized spacial score (nSPS) is 10.3. The molecule has 0 saturated carbocycles. The van der Waals surface area contributed by atoms with Crippen LogP contribution in [0.5, 0.6) is 0 Å². The zero-order valence-corrected chi connectivity index (χ0v) is 10.8. The molecule has 0 amide bonds. The minimum Gasteiger partial charge on any atom is -0.481 e. The highest BCUT2D eigenvalue weighted by Gasteiger charge is 2.06. The largest absolute Gasteiger partial charge is 0.481 e. The molecule has 1 aromatic carbocycles. The Kier molecular flexibility index (Phi) is 3.97. The number of aromatic carboxylic acids is 1. The van der Waals surface area contributed by atoms with E-state index < -0.39 is 11.9 Å². The number of aliphatic carboxylic acids is 1. The van der Waals surface area contributed by atoms with Crippen LogP contribution in [0.2, 0.25) is 0 Å². The van der Waals surface area contributed by atoms with Crippen LogP contribution in [0.15, 0.2) is 36.4 Å². The zero-order chi connectivity index (χ0) is 13.8. The first-order valence-electron chi connectivity index (χ1n) is 5.66. The van der Waals surface area contributed by atoms with Crippen LogP contribution in [0.3, 0.4) is 0 Å². The first-order valence-corrected chi connectivity index (χ1v) is 6.48. The van der Waals surface area contributed by atoms with E-state index in [1.165, 1.54) is 11.3 Å². The predicted molar refractivity (Wildman–Crippen MR) is 71.9 cm³/mol. The molecule has 4 nitrogen and oxygen atoms in total. The predicted octanol–water partition coefficient (Wildman–Crippen LogP) is 2.66. The van der Waals surface area contributed by atoms with Gasteiger partial charge < -0.3 is 10.2 Å². The number of benzene rings is 1. The number of thiophene rings is 1. The molecular formula is C14H12O4S. The molecule has 0 atom stereocenters. The van der Waals surface area contributed by atoms with E-state index in [4.69, 9.17) is 10.2 Å². The van der Waals surface area contributed by atoms with E-state index in [-0.39, 0.29) is 12.0 Å². The lowest BCUT2D eigenvalue weighted by atomic mass is 10.1. The minimum atomic E-state index is -0.939. The molecule has 2 rings (SSSR count). The monoisotopic (exact) mass is 276 g/mol. The summed E-state index contributed by atoms with van der Waals surface area (Å²) >= 11 is 1.47. The highest BCUT2D eigenvalue weighted by atomic mass is 32.1. The fourth-order valence-corrected chi connectivity index (χ4v) is 2.77. The van der Waals surface area contributed by atoms with Crippen LogP contribution in [0.1, 0.15) is 25.7 Å². The van der Waals surface area contributed by atoms with E-state index in [1.807, 2.05) is 12.1 Å². The van der Waals surface area contributed by atoms with E-state index in [9.17, 15) is 9.59 Å². The van der Waals surface area contributed by atoms with Gasteiger partial charge in [-0.2, -0.15) is 0 Å². The second kappa shape index (κ2) is 5.67. The number of rotatable bonds is 5. The van der Waals surface area contributed by atoms with E-state index in [0.717, 1.165) is 15.3 Å². The molecule has 5 heteroatoms. The lowest BCUT2D eigenvalue weighted by Gasteiger charge is -2.00. The summed E-state index contributed by atoms with van der Waals surface area (Å²) in [4.78, 5) is 23.2. The molecule has 2 N–H and O–H groups in total. The van der Waals surface area contributed by atoms with Crippen LogP contribution in [0.25, 0.3) is 0 Å². The van der Waals surface area contributed by atoms with Crippen molar-refractivity contribution >= 4 is 23.3 Å². The third-order valence-corrected chi connectivity index (χ3v) is 3.71. The van der Waals surface area contributed by atoms with Gasteiger partial charge in [-0.25, -0.2) is 4.79 Å². The molecule has 0 unspecified atom stereocenters. The molecule has 19 heavy (non-hydrogen) atoms. The number of hydrogen-bond donors (Lipinski definition) is 2. The first kappa shape index (κ1) is 13.3. The van der Waals surface area contributed by atoms with Gasteiger partial charge in [0.15, 0.2) is 0 Å². The maximum atomic E-state index is 10.7. The van der Waals surface area contributed by atoms with Crippen molar-refractivity contribution in [2.45, 2.75) is 12.8 Å². The van der Waals surface area contributed by atoms with Crippen LogP contribution >= 0.6 is 11.3 Å². The Hall–Kier alpha value is -2.14. The van der Waals surface area contributed by atoms with Gasteiger partial charge in [-0.1, -0.05) is 12.1 Å². The molecule has 1 heterocycles. The van der Waals surface area contributed by atoms with Gasteiger partial charge in [-0.3, -0.25) is 4.79 Å². The van der Waals surface area contributed by atoms with Crippen molar-refractivity contribution in [2.24, 2.45) is 0 Å². The van der Waals surface area contributed by atoms with Crippen molar-refractivity contribution in [3.8, 4) is 0 Å². The molecule has 0 fully saturated rings. The highest BCUT2D eigenvalue weighted by Crippen LogP contribution is 2.20. The van der Waals surface area contributed by atoms with Crippen molar-refractivity contribution in [3.63, 3.8) is 0 Å². The Bertz CT molecular complexity index is 598. The summed E-state index contributed by atoms with van der Waals surface area (Å²) in [6.45, 7) is 0. The fraction of sp³-hybridized carbons (Fsp3) is 0.143. The summed E-state index contributed by atoms with van der Waals surface area (Å²) in [6.07, 6.45) is 0.729.